The van der Waals surface area contributed by atoms with E-state index in [0.717, 1.165) is 29.7 Å². The first kappa shape index (κ1) is 19.1. The van der Waals surface area contributed by atoms with Crippen molar-refractivity contribution in [3.8, 4) is 0 Å². The Balaban J connectivity index is 1.79. The van der Waals surface area contributed by atoms with Gasteiger partial charge in [-0.15, -0.1) is 0 Å². The van der Waals surface area contributed by atoms with Gasteiger partial charge in [-0.2, -0.15) is 0 Å². The number of hydrogen-bond acceptors (Lipinski definition) is 3. The number of benzene rings is 2. The van der Waals surface area contributed by atoms with E-state index in [9.17, 15) is 14.0 Å². The number of anilines is 1. The number of hydrogen-bond donors (Lipinski definition) is 2. The summed E-state index contributed by atoms with van der Waals surface area (Å²) in [6, 6.07) is 13.9. The summed E-state index contributed by atoms with van der Waals surface area (Å²) in [5.41, 5.74) is 4.80. The van der Waals surface area contributed by atoms with Gasteiger partial charge in [0.25, 0.3) is 5.91 Å². The summed E-state index contributed by atoms with van der Waals surface area (Å²) in [6.45, 7) is 3.83. The van der Waals surface area contributed by atoms with E-state index in [4.69, 9.17) is 0 Å². The van der Waals surface area contributed by atoms with Gasteiger partial charge in [0.15, 0.2) is 5.78 Å². The molecule has 0 aromatic heterocycles. The van der Waals surface area contributed by atoms with Gasteiger partial charge < -0.3 is 10.6 Å². The summed E-state index contributed by atoms with van der Waals surface area (Å²) in [5, 5.41) is 5.96. The molecule has 0 saturated heterocycles. The van der Waals surface area contributed by atoms with E-state index in [-0.39, 0.29) is 11.5 Å². The van der Waals surface area contributed by atoms with E-state index in [1.54, 1.807) is 12.1 Å². The quantitative estimate of drug-likeness (QED) is 0.796. The molecule has 2 aromatic carbocycles. The highest BCUT2D eigenvalue weighted by Crippen LogP contribution is 2.42. The van der Waals surface area contributed by atoms with Crippen LogP contribution in [-0.2, 0) is 9.59 Å². The third-order valence-electron chi connectivity index (χ3n) is 5.55. The maximum atomic E-state index is 14.1. The summed E-state index contributed by atoms with van der Waals surface area (Å²) in [7, 11) is 0. The third-order valence-corrected chi connectivity index (χ3v) is 5.55. The van der Waals surface area contributed by atoms with Crippen LogP contribution in [0.2, 0.25) is 0 Å². The molecule has 1 heterocycles. The number of halogens is 1. The molecule has 0 spiro atoms. The number of dihydropyridines is 1. The van der Waals surface area contributed by atoms with E-state index in [1.165, 1.54) is 12.1 Å². The average molecular weight is 390 g/mol. The lowest BCUT2D eigenvalue weighted by Crippen LogP contribution is -2.35. The van der Waals surface area contributed by atoms with Gasteiger partial charge in [0.05, 0.1) is 5.69 Å². The van der Waals surface area contributed by atoms with Crippen molar-refractivity contribution in [3.63, 3.8) is 0 Å². The van der Waals surface area contributed by atoms with Gasteiger partial charge in [0, 0.05) is 34.9 Å². The number of rotatable bonds is 3. The van der Waals surface area contributed by atoms with Crippen molar-refractivity contribution < 1.29 is 14.0 Å². The Kier molecular flexibility index (Phi) is 5.05. The molecule has 4 rings (SSSR count). The van der Waals surface area contributed by atoms with Crippen molar-refractivity contribution in [2.45, 2.75) is 39.0 Å². The third kappa shape index (κ3) is 3.60. The van der Waals surface area contributed by atoms with Gasteiger partial charge in [-0.3, -0.25) is 9.59 Å². The van der Waals surface area contributed by atoms with Crippen molar-refractivity contribution in [3.05, 3.63) is 88.0 Å². The number of amides is 1. The Bertz CT molecular complexity index is 1050. The number of aryl methyl sites for hydroxylation is 1. The highest BCUT2D eigenvalue weighted by Gasteiger charge is 2.38. The monoisotopic (exact) mass is 390 g/mol. The normalized spacial score (nSPS) is 19.0. The molecule has 0 fully saturated rings. The minimum Gasteiger partial charge on any atom is -0.362 e. The van der Waals surface area contributed by atoms with E-state index in [0.29, 0.717) is 23.3 Å². The van der Waals surface area contributed by atoms with Crippen molar-refractivity contribution in [2.75, 3.05) is 5.32 Å². The maximum Gasteiger partial charge on any atom is 0.254 e. The standard InChI is InChI=1S/C24H23FN2O2/c1-14-10-12-16(13-11-14)22-21(24(29)27-18-7-4-3-6-17(18)25)15(2)26-19-8-5-9-20(28)23(19)22/h3-4,6-7,10-13,22,26H,5,8-9H2,1-2H3,(H,27,29). The van der Waals surface area contributed by atoms with Gasteiger partial charge in [-0.25, -0.2) is 4.39 Å². The molecule has 1 amide bonds. The van der Waals surface area contributed by atoms with E-state index < -0.39 is 17.6 Å². The van der Waals surface area contributed by atoms with Gasteiger partial charge in [-0.1, -0.05) is 42.0 Å². The first-order valence-electron chi connectivity index (χ1n) is 9.82. The molecular weight excluding hydrogens is 367 g/mol. The number of para-hydroxylation sites is 1. The van der Waals surface area contributed by atoms with Crippen LogP contribution in [0.15, 0.2) is 71.1 Å². The van der Waals surface area contributed by atoms with Crippen LogP contribution in [0.4, 0.5) is 10.1 Å². The molecule has 2 aliphatic rings. The van der Waals surface area contributed by atoms with Crippen LogP contribution in [0, 0.1) is 12.7 Å². The number of nitrogens with one attached hydrogen (secondary N) is 2. The zero-order valence-electron chi connectivity index (χ0n) is 16.5. The Morgan fingerprint density at radius 3 is 2.52 bits per heavy atom. The lowest BCUT2D eigenvalue weighted by Gasteiger charge is -2.34. The first-order chi connectivity index (χ1) is 14.0. The number of ketones is 1. The van der Waals surface area contributed by atoms with Crippen molar-refractivity contribution in [1.82, 2.24) is 5.32 Å². The molecule has 5 heteroatoms. The van der Waals surface area contributed by atoms with Crippen LogP contribution >= 0.6 is 0 Å². The summed E-state index contributed by atoms with van der Waals surface area (Å²) in [6.07, 6.45) is 2.06. The second kappa shape index (κ2) is 7.66. The predicted molar refractivity (Wildman–Crippen MR) is 111 cm³/mol. The molecule has 2 aromatic rings. The summed E-state index contributed by atoms with van der Waals surface area (Å²) >= 11 is 0. The molecule has 2 N–H and O–H groups in total. The van der Waals surface area contributed by atoms with Crippen molar-refractivity contribution >= 4 is 17.4 Å². The molecule has 1 aliphatic heterocycles. The zero-order valence-corrected chi connectivity index (χ0v) is 16.5. The highest BCUT2D eigenvalue weighted by atomic mass is 19.1. The number of carbonyl (C=O) groups is 2. The van der Waals surface area contributed by atoms with Gasteiger partial charge in [-0.05, 0) is 44.4 Å². The van der Waals surface area contributed by atoms with Crippen LogP contribution in [0.3, 0.4) is 0 Å². The van der Waals surface area contributed by atoms with Crippen LogP contribution in [0.1, 0.15) is 43.2 Å². The molecular formula is C24H23FN2O2. The molecule has 4 nitrogen and oxygen atoms in total. The first-order valence-corrected chi connectivity index (χ1v) is 9.82. The Morgan fingerprint density at radius 1 is 1.07 bits per heavy atom. The Hall–Kier alpha value is -3.21. The van der Waals surface area contributed by atoms with E-state index >= 15 is 0 Å². The van der Waals surface area contributed by atoms with Crippen molar-refractivity contribution in [1.29, 1.82) is 0 Å². The smallest absolute Gasteiger partial charge is 0.254 e. The molecule has 29 heavy (non-hydrogen) atoms. The molecule has 1 unspecified atom stereocenters. The summed E-state index contributed by atoms with van der Waals surface area (Å²) in [5.74, 6) is -1.31. The molecule has 0 saturated carbocycles. The topological polar surface area (TPSA) is 58.2 Å². The fraction of sp³-hybridized carbons (Fsp3) is 0.250. The molecule has 0 radical (unpaired) electrons. The predicted octanol–water partition coefficient (Wildman–Crippen LogP) is 4.74. The lowest BCUT2D eigenvalue weighted by atomic mass is 9.75. The lowest BCUT2D eigenvalue weighted by molar-refractivity contribution is -0.116. The minimum atomic E-state index is -0.497. The van der Waals surface area contributed by atoms with Crippen molar-refractivity contribution in [2.24, 2.45) is 0 Å². The summed E-state index contributed by atoms with van der Waals surface area (Å²) in [4.78, 5) is 26.1. The van der Waals surface area contributed by atoms with Gasteiger partial charge in [0.2, 0.25) is 0 Å². The van der Waals surface area contributed by atoms with E-state index in [2.05, 4.69) is 10.6 Å². The fourth-order valence-electron chi connectivity index (χ4n) is 4.13. The highest BCUT2D eigenvalue weighted by molar-refractivity contribution is 6.09. The average Bonchev–Trinajstić information content (AvgIpc) is 2.69. The largest absolute Gasteiger partial charge is 0.362 e. The van der Waals surface area contributed by atoms with Gasteiger partial charge in [0.1, 0.15) is 5.82 Å². The number of Topliss-reactive ketones (excluding diaryl/α,β-unsaturated/α-hetero) is 1. The maximum absolute atomic E-state index is 14.1. The summed E-state index contributed by atoms with van der Waals surface area (Å²) < 4.78 is 14.1. The SMILES string of the molecule is CC1=C(C(=O)Nc2ccccc2F)C(c2ccc(C)cc2)C2=C(CCCC2=O)N1. The zero-order chi connectivity index (χ0) is 20.5. The fourth-order valence-corrected chi connectivity index (χ4v) is 4.13. The second-order valence-corrected chi connectivity index (χ2v) is 7.61. The van der Waals surface area contributed by atoms with Crippen LogP contribution in [-0.4, -0.2) is 11.7 Å². The molecule has 0 bridgehead atoms. The number of allylic oxidation sites excluding steroid dienone is 3. The van der Waals surface area contributed by atoms with Crippen LogP contribution < -0.4 is 10.6 Å². The molecule has 1 atom stereocenters. The Morgan fingerprint density at radius 2 is 1.79 bits per heavy atom. The molecule has 148 valence electrons. The minimum absolute atomic E-state index is 0.0630. The van der Waals surface area contributed by atoms with Crippen LogP contribution in [0.5, 0.6) is 0 Å². The Labute approximate surface area is 169 Å². The van der Waals surface area contributed by atoms with Crippen LogP contribution in [0.25, 0.3) is 0 Å². The number of carbonyl (C=O) groups excluding carboxylic acids is 2. The second-order valence-electron chi connectivity index (χ2n) is 7.61. The molecule has 1 aliphatic carbocycles. The van der Waals surface area contributed by atoms with Gasteiger partial charge >= 0.3 is 0 Å². The van der Waals surface area contributed by atoms with E-state index in [1.807, 2.05) is 38.1 Å².